The molecule has 0 aliphatic rings. The van der Waals surface area contributed by atoms with Gasteiger partial charge in [-0.2, -0.15) is 5.10 Å². The number of rotatable bonds is 7. The first-order chi connectivity index (χ1) is 15.3. The summed E-state index contributed by atoms with van der Waals surface area (Å²) < 4.78 is 0. The Morgan fingerprint density at radius 3 is 1.88 bits per heavy atom. The molecule has 32 heavy (non-hydrogen) atoms. The first-order valence-electron chi connectivity index (χ1n) is 10.6. The largest absolute Gasteiger partial charge is 0.346 e. The quantitative estimate of drug-likeness (QED) is 0.434. The van der Waals surface area contributed by atoms with Gasteiger partial charge in [-0.3, -0.25) is 9.59 Å². The third-order valence-corrected chi connectivity index (χ3v) is 5.13. The van der Waals surface area contributed by atoms with Gasteiger partial charge in [-0.25, -0.2) is 5.43 Å². The van der Waals surface area contributed by atoms with E-state index in [0.717, 1.165) is 16.7 Å². The molecule has 0 aromatic heterocycles. The number of carbonyl (C=O) groups is 2. The summed E-state index contributed by atoms with van der Waals surface area (Å²) in [6.45, 7) is 6.32. The number of nitrogens with one attached hydrogen (secondary N) is 2. The topological polar surface area (TPSA) is 70.6 Å². The van der Waals surface area contributed by atoms with E-state index in [1.165, 1.54) is 5.56 Å². The zero-order chi connectivity index (χ0) is 23.0. The van der Waals surface area contributed by atoms with Gasteiger partial charge in [-0.15, -0.1) is 0 Å². The zero-order valence-electron chi connectivity index (χ0n) is 18.7. The highest BCUT2D eigenvalue weighted by molar-refractivity contribution is 5.91. The normalized spacial score (nSPS) is 11.5. The molecule has 3 rings (SSSR count). The first kappa shape index (κ1) is 22.9. The van der Waals surface area contributed by atoms with Crippen LogP contribution in [-0.4, -0.2) is 24.6 Å². The Balaban J connectivity index is 1.57. The van der Waals surface area contributed by atoms with Crippen molar-refractivity contribution in [2.75, 3.05) is 6.54 Å². The summed E-state index contributed by atoms with van der Waals surface area (Å²) in [6.07, 6.45) is 1.59. The molecule has 0 unspecified atom stereocenters. The van der Waals surface area contributed by atoms with E-state index in [2.05, 4.69) is 48.7 Å². The second-order valence-corrected chi connectivity index (χ2v) is 8.64. The van der Waals surface area contributed by atoms with Crippen molar-refractivity contribution in [1.82, 2.24) is 10.7 Å². The maximum absolute atomic E-state index is 12.9. The van der Waals surface area contributed by atoms with E-state index < -0.39 is 5.92 Å². The van der Waals surface area contributed by atoms with Crippen LogP contribution >= 0.6 is 0 Å². The Labute approximate surface area is 189 Å². The lowest BCUT2D eigenvalue weighted by atomic mass is 9.87. The van der Waals surface area contributed by atoms with Crippen LogP contribution in [0.3, 0.4) is 0 Å². The van der Waals surface area contributed by atoms with E-state index in [1.54, 1.807) is 6.21 Å². The molecule has 0 aliphatic carbocycles. The van der Waals surface area contributed by atoms with Crippen LogP contribution in [0.2, 0.25) is 0 Å². The van der Waals surface area contributed by atoms with Crippen LogP contribution in [0.4, 0.5) is 0 Å². The molecule has 0 bridgehead atoms. The lowest BCUT2D eigenvalue weighted by Crippen LogP contribution is -2.37. The minimum Gasteiger partial charge on any atom is -0.346 e. The zero-order valence-corrected chi connectivity index (χ0v) is 18.7. The first-order valence-corrected chi connectivity index (χ1v) is 10.6. The van der Waals surface area contributed by atoms with Gasteiger partial charge in [0.15, 0.2) is 0 Å². The minimum atomic E-state index is -0.491. The van der Waals surface area contributed by atoms with Crippen LogP contribution in [0, 0.1) is 0 Å². The van der Waals surface area contributed by atoms with Crippen LogP contribution < -0.4 is 10.7 Å². The molecule has 164 valence electrons. The van der Waals surface area contributed by atoms with E-state index in [-0.39, 0.29) is 23.8 Å². The highest BCUT2D eigenvalue weighted by atomic mass is 16.2. The molecule has 2 amide bonds. The second kappa shape index (κ2) is 10.5. The second-order valence-electron chi connectivity index (χ2n) is 8.64. The van der Waals surface area contributed by atoms with E-state index in [4.69, 9.17) is 0 Å². The van der Waals surface area contributed by atoms with Crippen molar-refractivity contribution in [3.05, 3.63) is 107 Å². The Morgan fingerprint density at radius 2 is 1.38 bits per heavy atom. The van der Waals surface area contributed by atoms with Gasteiger partial charge in [0.2, 0.25) is 5.91 Å². The summed E-state index contributed by atoms with van der Waals surface area (Å²) in [6, 6.07) is 27.1. The highest BCUT2D eigenvalue weighted by Gasteiger charge is 2.22. The molecule has 3 aromatic rings. The van der Waals surface area contributed by atoms with E-state index in [0.29, 0.717) is 0 Å². The number of carbonyl (C=O) groups excluding carboxylic acids is 2. The van der Waals surface area contributed by atoms with Gasteiger partial charge in [-0.1, -0.05) is 106 Å². The van der Waals surface area contributed by atoms with Gasteiger partial charge in [0.1, 0.15) is 0 Å². The summed E-state index contributed by atoms with van der Waals surface area (Å²) in [4.78, 5) is 25.1. The monoisotopic (exact) mass is 427 g/mol. The number of nitrogens with zero attached hydrogens (tertiary/aromatic N) is 1. The van der Waals surface area contributed by atoms with Crippen molar-refractivity contribution >= 4 is 18.0 Å². The summed E-state index contributed by atoms with van der Waals surface area (Å²) >= 11 is 0. The molecule has 0 saturated carbocycles. The van der Waals surface area contributed by atoms with Crippen LogP contribution in [-0.2, 0) is 15.0 Å². The van der Waals surface area contributed by atoms with Crippen molar-refractivity contribution in [3.8, 4) is 0 Å². The molecule has 0 spiro atoms. The van der Waals surface area contributed by atoms with Gasteiger partial charge >= 0.3 is 0 Å². The summed E-state index contributed by atoms with van der Waals surface area (Å²) in [5, 5.41) is 6.72. The van der Waals surface area contributed by atoms with Gasteiger partial charge in [0, 0.05) is 0 Å². The Kier molecular flexibility index (Phi) is 7.55. The minimum absolute atomic E-state index is 0.0828. The number of hydrogen-bond donors (Lipinski definition) is 2. The predicted octanol–water partition coefficient (Wildman–Crippen LogP) is 4.38. The van der Waals surface area contributed by atoms with Crippen molar-refractivity contribution in [3.63, 3.8) is 0 Å². The van der Waals surface area contributed by atoms with Crippen molar-refractivity contribution < 1.29 is 9.59 Å². The van der Waals surface area contributed by atoms with Gasteiger partial charge in [-0.05, 0) is 27.7 Å². The SMILES string of the molecule is CC(C)(C)c1ccc(/C=N\NC(=O)CNC(=O)C(c2ccccc2)c2ccccc2)cc1. The van der Waals surface area contributed by atoms with Crippen molar-refractivity contribution in [1.29, 1.82) is 0 Å². The standard InChI is InChI=1S/C27H29N3O2/c1-27(2,3)23-16-14-20(15-17-23)18-29-30-24(31)19-28-26(32)25(21-10-6-4-7-11-21)22-12-8-5-9-13-22/h4-18,25H,19H2,1-3H3,(H,28,32)(H,30,31)/b29-18-. The molecule has 5 nitrogen and oxygen atoms in total. The van der Waals surface area contributed by atoms with Crippen LogP contribution in [0.1, 0.15) is 48.9 Å². The molecule has 5 heteroatoms. The smallest absolute Gasteiger partial charge is 0.259 e. The third kappa shape index (κ3) is 6.38. The molecule has 2 N–H and O–H groups in total. The fourth-order valence-electron chi connectivity index (χ4n) is 3.34. The maximum atomic E-state index is 12.9. The molecule has 0 fully saturated rings. The number of hydrogen-bond acceptors (Lipinski definition) is 3. The van der Waals surface area contributed by atoms with Crippen molar-refractivity contribution in [2.45, 2.75) is 32.1 Å². The Bertz CT molecular complexity index is 1010. The fraction of sp³-hybridized carbons (Fsp3) is 0.222. The summed E-state index contributed by atoms with van der Waals surface area (Å²) in [5.74, 6) is -1.12. The van der Waals surface area contributed by atoms with Gasteiger partial charge in [0.25, 0.3) is 5.91 Å². The molecule has 0 aliphatic heterocycles. The van der Waals surface area contributed by atoms with E-state index in [9.17, 15) is 9.59 Å². The van der Waals surface area contributed by atoms with E-state index in [1.807, 2.05) is 72.8 Å². The van der Waals surface area contributed by atoms with Crippen LogP contribution in [0.5, 0.6) is 0 Å². The van der Waals surface area contributed by atoms with Crippen LogP contribution in [0.15, 0.2) is 90.0 Å². The number of hydrazone groups is 1. The third-order valence-electron chi connectivity index (χ3n) is 5.13. The predicted molar refractivity (Wildman–Crippen MR) is 129 cm³/mol. The fourth-order valence-corrected chi connectivity index (χ4v) is 3.34. The Morgan fingerprint density at radius 1 is 0.844 bits per heavy atom. The number of benzene rings is 3. The molecule has 0 heterocycles. The molecule has 0 saturated heterocycles. The average molecular weight is 428 g/mol. The molecular formula is C27H29N3O2. The van der Waals surface area contributed by atoms with Crippen LogP contribution in [0.25, 0.3) is 0 Å². The van der Waals surface area contributed by atoms with Crippen molar-refractivity contribution in [2.24, 2.45) is 5.10 Å². The Hall–Kier alpha value is -3.73. The lowest BCUT2D eigenvalue weighted by Gasteiger charge is -2.18. The molecule has 0 radical (unpaired) electrons. The average Bonchev–Trinajstić information content (AvgIpc) is 2.79. The molecule has 0 atom stereocenters. The van der Waals surface area contributed by atoms with Gasteiger partial charge in [0.05, 0.1) is 18.7 Å². The van der Waals surface area contributed by atoms with E-state index >= 15 is 0 Å². The molecular weight excluding hydrogens is 398 g/mol. The van der Waals surface area contributed by atoms with Gasteiger partial charge < -0.3 is 5.32 Å². The maximum Gasteiger partial charge on any atom is 0.259 e. The molecule has 3 aromatic carbocycles. The lowest BCUT2D eigenvalue weighted by molar-refractivity contribution is -0.126. The highest BCUT2D eigenvalue weighted by Crippen LogP contribution is 2.24. The summed E-state index contributed by atoms with van der Waals surface area (Å²) in [7, 11) is 0. The number of amides is 2. The summed E-state index contributed by atoms with van der Waals surface area (Å²) in [5.41, 5.74) is 6.40.